The molecule has 3 heteroatoms. The van der Waals surface area contributed by atoms with Crippen LogP contribution in [0.4, 0.5) is 0 Å². The molecule has 3 rings (SSSR count). The van der Waals surface area contributed by atoms with Gasteiger partial charge in [-0.15, -0.1) is 0 Å². The fourth-order valence-corrected chi connectivity index (χ4v) is 3.13. The Morgan fingerprint density at radius 3 is 2.55 bits per heavy atom. The number of benzene rings is 1. The molecule has 1 aliphatic rings. The fourth-order valence-electron chi connectivity index (χ4n) is 3.13. The van der Waals surface area contributed by atoms with Gasteiger partial charge in [-0.3, -0.25) is 0 Å². The highest BCUT2D eigenvalue weighted by Gasteiger charge is 2.16. The van der Waals surface area contributed by atoms with E-state index in [0.29, 0.717) is 6.54 Å². The molecule has 0 radical (unpaired) electrons. The van der Waals surface area contributed by atoms with E-state index in [2.05, 4.69) is 29.2 Å². The zero-order valence-electron chi connectivity index (χ0n) is 11.8. The number of aliphatic hydroxyl groups excluding tert-OH is 1. The summed E-state index contributed by atoms with van der Waals surface area (Å²) in [5.74, 6) is 0.726. The predicted octanol–water partition coefficient (Wildman–Crippen LogP) is 3.66. The highest BCUT2D eigenvalue weighted by Crippen LogP contribution is 2.33. The van der Waals surface area contributed by atoms with E-state index in [-0.39, 0.29) is 0 Å². The Morgan fingerprint density at radius 2 is 1.90 bits per heavy atom. The molecule has 20 heavy (non-hydrogen) atoms. The average Bonchev–Trinajstić information content (AvgIpc) is 3.01. The van der Waals surface area contributed by atoms with Crippen LogP contribution in [0.3, 0.4) is 0 Å². The van der Waals surface area contributed by atoms with Crippen molar-refractivity contribution in [3.05, 3.63) is 54.1 Å². The van der Waals surface area contributed by atoms with Crippen molar-refractivity contribution in [1.29, 1.82) is 0 Å². The molecular weight excluding hydrogens is 248 g/mol. The summed E-state index contributed by atoms with van der Waals surface area (Å²) in [6, 6.07) is 8.54. The second kappa shape index (κ2) is 6.23. The summed E-state index contributed by atoms with van der Waals surface area (Å²) in [5, 5.41) is 10.2. The molecule has 1 aliphatic carbocycles. The lowest BCUT2D eigenvalue weighted by Crippen LogP contribution is -2.08. The van der Waals surface area contributed by atoms with E-state index in [1.54, 1.807) is 12.5 Å². The van der Waals surface area contributed by atoms with Crippen LogP contribution in [0.2, 0.25) is 0 Å². The van der Waals surface area contributed by atoms with Crippen molar-refractivity contribution in [2.24, 2.45) is 0 Å². The van der Waals surface area contributed by atoms with E-state index in [1.807, 2.05) is 10.8 Å². The number of rotatable bonds is 4. The zero-order valence-corrected chi connectivity index (χ0v) is 11.8. The minimum Gasteiger partial charge on any atom is -0.387 e. The minimum atomic E-state index is -0.468. The van der Waals surface area contributed by atoms with Crippen LogP contribution in [0.5, 0.6) is 0 Å². The maximum absolute atomic E-state index is 10.2. The van der Waals surface area contributed by atoms with Crippen LogP contribution >= 0.6 is 0 Å². The zero-order chi connectivity index (χ0) is 13.8. The van der Waals surface area contributed by atoms with Crippen molar-refractivity contribution in [3.63, 3.8) is 0 Å². The van der Waals surface area contributed by atoms with Crippen LogP contribution < -0.4 is 0 Å². The summed E-state index contributed by atoms with van der Waals surface area (Å²) in [5.41, 5.74) is 2.42. The van der Waals surface area contributed by atoms with Crippen molar-refractivity contribution in [3.8, 4) is 0 Å². The van der Waals surface area contributed by atoms with Gasteiger partial charge in [0, 0.05) is 12.4 Å². The van der Waals surface area contributed by atoms with E-state index in [1.165, 1.54) is 37.7 Å². The largest absolute Gasteiger partial charge is 0.387 e. The van der Waals surface area contributed by atoms with E-state index >= 15 is 0 Å². The molecule has 1 aromatic heterocycles. The molecule has 0 bridgehead atoms. The van der Waals surface area contributed by atoms with E-state index in [4.69, 9.17) is 0 Å². The van der Waals surface area contributed by atoms with Crippen molar-refractivity contribution in [2.45, 2.75) is 50.7 Å². The Hall–Kier alpha value is -1.61. The first-order chi connectivity index (χ1) is 9.83. The Kier molecular flexibility index (Phi) is 4.16. The molecule has 3 nitrogen and oxygen atoms in total. The molecule has 0 saturated heterocycles. The maximum atomic E-state index is 10.2. The summed E-state index contributed by atoms with van der Waals surface area (Å²) in [6.45, 7) is 0.558. The molecule has 1 heterocycles. The molecule has 0 spiro atoms. The standard InChI is InChI=1S/C17H22N2O/c20-17(12-19-11-10-18-13-19)16-8-6-15(7-9-16)14-4-2-1-3-5-14/h6-11,13-14,17,20H,1-5,12H2/t17-/m0/s1. The molecular formula is C17H22N2O. The molecule has 0 unspecified atom stereocenters. The Bertz CT molecular complexity index is 512. The predicted molar refractivity (Wildman–Crippen MR) is 79.5 cm³/mol. The Balaban J connectivity index is 1.65. The molecule has 1 atom stereocenters. The van der Waals surface area contributed by atoms with Gasteiger partial charge in [0.05, 0.1) is 19.0 Å². The summed E-state index contributed by atoms with van der Waals surface area (Å²) in [4.78, 5) is 4.00. The van der Waals surface area contributed by atoms with Crippen LogP contribution in [0.15, 0.2) is 43.0 Å². The smallest absolute Gasteiger partial charge is 0.0969 e. The number of nitrogens with zero attached hydrogens (tertiary/aromatic N) is 2. The molecule has 0 amide bonds. The molecule has 2 aromatic rings. The van der Waals surface area contributed by atoms with Gasteiger partial charge in [-0.1, -0.05) is 43.5 Å². The summed E-state index contributed by atoms with van der Waals surface area (Å²) >= 11 is 0. The maximum Gasteiger partial charge on any atom is 0.0969 e. The van der Waals surface area contributed by atoms with Crippen LogP contribution in [0, 0.1) is 0 Å². The van der Waals surface area contributed by atoms with E-state index < -0.39 is 6.10 Å². The molecule has 1 fully saturated rings. The van der Waals surface area contributed by atoms with Gasteiger partial charge < -0.3 is 9.67 Å². The van der Waals surface area contributed by atoms with Gasteiger partial charge in [-0.05, 0) is 29.9 Å². The van der Waals surface area contributed by atoms with E-state index in [0.717, 1.165) is 11.5 Å². The highest BCUT2D eigenvalue weighted by molar-refractivity contribution is 5.27. The van der Waals surface area contributed by atoms with Crippen molar-refractivity contribution < 1.29 is 5.11 Å². The van der Waals surface area contributed by atoms with Crippen molar-refractivity contribution in [2.75, 3.05) is 0 Å². The lowest BCUT2D eigenvalue weighted by atomic mass is 9.84. The first-order valence-corrected chi connectivity index (χ1v) is 7.56. The molecule has 1 aromatic carbocycles. The first-order valence-electron chi connectivity index (χ1n) is 7.56. The summed E-state index contributed by atoms with van der Waals surface area (Å²) in [7, 11) is 0. The van der Waals surface area contributed by atoms with Crippen LogP contribution in [0.1, 0.15) is 55.3 Å². The molecule has 1 saturated carbocycles. The number of aromatic nitrogens is 2. The van der Waals surface area contributed by atoms with Crippen molar-refractivity contribution >= 4 is 0 Å². The number of aliphatic hydroxyl groups is 1. The molecule has 106 valence electrons. The third-order valence-electron chi connectivity index (χ3n) is 4.34. The quantitative estimate of drug-likeness (QED) is 0.920. The van der Waals surface area contributed by atoms with E-state index in [9.17, 15) is 5.11 Å². The summed E-state index contributed by atoms with van der Waals surface area (Å²) in [6.07, 6.45) is 11.6. The number of imidazole rings is 1. The lowest BCUT2D eigenvalue weighted by Gasteiger charge is -2.22. The van der Waals surface area contributed by atoms with Gasteiger partial charge in [0.15, 0.2) is 0 Å². The summed E-state index contributed by atoms with van der Waals surface area (Å²) < 4.78 is 1.90. The number of hydrogen-bond donors (Lipinski definition) is 1. The average molecular weight is 270 g/mol. The first kappa shape index (κ1) is 13.4. The van der Waals surface area contributed by atoms with Crippen molar-refractivity contribution in [1.82, 2.24) is 9.55 Å². The second-order valence-corrected chi connectivity index (χ2v) is 5.78. The van der Waals surface area contributed by atoms with Gasteiger partial charge in [-0.25, -0.2) is 4.98 Å². The van der Waals surface area contributed by atoms with Gasteiger partial charge in [0.25, 0.3) is 0 Å². The van der Waals surface area contributed by atoms with Gasteiger partial charge >= 0.3 is 0 Å². The monoisotopic (exact) mass is 270 g/mol. The normalized spacial score (nSPS) is 18.1. The third-order valence-corrected chi connectivity index (χ3v) is 4.34. The minimum absolute atomic E-state index is 0.468. The SMILES string of the molecule is O[C@@H](Cn1ccnc1)c1ccc(C2CCCCC2)cc1. The van der Waals surface area contributed by atoms with Crippen LogP contribution in [-0.4, -0.2) is 14.7 Å². The van der Waals surface area contributed by atoms with Crippen LogP contribution in [-0.2, 0) is 6.54 Å². The van der Waals surface area contributed by atoms with Gasteiger partial charge in [0.2, 0.25) is 0 Å². The molecule has 0 aliphatic heterocycles. The second-order valence-electron chi connectivity index (χ2n) is 5.78. The van der Waals surface area contributed by atoms with Gasteiger partial charge in [0.1, 0.15) is 0 Å². The fraction of sp³-hybridized carbons (Fsp3) is 0.471. The third kappa shape index (κ3) is 3.10. The Labute approximate surface area is 120 Å². The molecule has 1 N–H and O–H groups in total. The van der Waals surface area contributed by atoms with Crippen LogP contribution in [0.25, 0.3) is 0 Å². The topological polar surface area (TPSA) is 38.0 Å². The highest BCUT2D eigenvalue weighted by atomic mass is 16.3. The lowest BCUT2D eigenvalue weighted by molar-refractivity contribution is 0.156. The Morgan fingerprint density at radius 1 is 1.15 bits per heavy atom. The van der Waals surface area contributed by atoms with Gasteiger partial charge in [-0.2, -0.15) is 0 Å². The number of hydrogen-bond acceptors (Lipinski definition) is 2.